The van der Waals surface area contributed by atoms with Gasteiger partial charge in [-0.1, -0.05) is 6.92 Å². The molecule has 11 heteroatoms. The van der Waals surface area contributed by atoms with E-state index in [9.17, 15) is 31.5 Å². The van der Waals surface area contributed by atoms with Crippen LogP contribution >= 0.6 is 11.3 Å². The fraction of sp³-hybridized carbons (Fsp3) is 0.450. The first-order valence-electron chi connectivity index (χ1n) is 9.53. The summed E-state index contributed by atoms with van der Waals surface area (Å²) in [6, 6.07) is 4.41. The molecule has 0 aliphatic carbocycles. The maximum Gasteiger partial charge on any atom is 0.416 e. The minimum atomic E-state index is -4.75. The van der Waals surface area contributed by atoms with Crippen molar-refractivity contribution in [1.82, 2.24) is 4.31 Å². The number of ether oxygens (including phenoxy) is 1. The lowest BCUT2D eigenvalue weighted by molar-refractivity contribution is -0.141. The Labute approximate surface area is 182 Å². The Morgan fingerprint density at radius 3 is 2.58 bits per heavy atom. The molecule has 1 aliphatic heterocycles. The zero-order valence-electron chi connectivity index (χ0n) is 16.8. The minimum Gasteiger partial charge on any atom is -0.481 e. The van der Waals surface area contributed by atoms with Crippen molar-refractivity contribution in [2.45, 2.75) is 36.9 Å². The highest BCUT2D eigenvalue weighted by Gasteiger charge is 2.35. The number of aliphatic carboxylic acids is 1. The molecule has 170 valence electrons. The average molecular weight is 478 g/mol. The Morgan fingerprint density at radius 2 is 2.03 bits per heavy atom. The van der Waals surface area contributed by atoms with E-state index in [1.807, 2.05) is 0 Å². The SMILES string of the molecule is CCC(Cc1ccsc1-c1cc(C(F)(F)F)cc(S(=O)(=O)N(C)CC2CO2)c1)C(=O)O. The van der Waals surface area contributed by atoms with Gasteiger partial charge in [-0.15, -0.1) is 11.3 Å². The van der Waals surface area contributed by atoms with Crippen molar-refractivity contribution >= 4 is 27.3 Å². The summed E-state index contributed by atoms with van der Waals surface area (Å²) >= 11 is 1.15. The number of nitrogens with zero attached hydrogens (tertiary/aromatic N) is 1. The molecule has 2 atom stereocenters. The fourth-order valence-electron chi connectivity index (χ4n) is 3.20. The zero-order valence-corrected chi connectivity index (χ0v) is 18.5. The van der Waals surface area contributed by atoms with Crippen molar-refractivity contribution in [2.75, 3.05) is 20.2 Å². The first kappa shape index (κ1) is 23.7. The number of halogens is 3. The molecule has 31 heavy (non-hydrogen) atoms. The van der Waals surface area contributed by atoms with E-state index in [-0.39, 0.29) is 24.6 Å². The van der Waals surface area contributed by atoms with Crippen molar-refractivity contribution in [2.24, 2.45) is 5.92 Å². The number of carboxylic acid groups (broad SMARTS) is 1. The van der Waals surface area contributed by atoms with Crippen molar-refractivity contribution < 1.29 is 36.2 Å². The van der Waals surface area contributed by atoms with Gasteiger partial charge in [0.2, 0.25) is 10.0 Å². The highest BCUT2D eigenvalue weighted by atomic mass is 32.2. The van der Waals surface area contributed by atoms with Gasteiger partial charge >= 0.3 is 12.1 Å². The summed E-state index contributed by atoms with van der Waals surface area (Å²) in [5.74, 6) is -1.68. The topological polar surface area (TPSA) is 87.2 Å². The summed E-state index contributed by atoms with van der Waals surface area (Å²) in [6.45, 7) is 2.18. The van der Waals surface area contributed by atoms with Crippen LogP contribution in [0.25, 0.3) is 10.4 Å². The first-order valence-corrected chi connectivity index (χ1v) is 11.8. The predicted octanol–water partition coefficient (Wildman–Crippen LogP) is 4.11. The molecule has 3 rings (SSSR count). The summed E-state index contributed by atoms with van der Waals surface area (Å²) in [5, 5.41) is 11.0. The number of carbonyl (C=O) groups is 1. The maximum absolute atomic E-state index is 13.6. The molecule has 2 unspecified atom stereocenters. The molecule has 1 fully saturated rings. The number of hydrogen-bond acceptors (Lipinski definition) is 5. The molecular weight excluding hydrogens is 455 g/mol. The molecule has 0 radical (unpaired) electrons. The van der Waals surface area contributed by atoms with Crippen LogP contribution in [0.4, 0.5) is 13.2 Å². The number of likely N-dealkylation sites (N-methyl/N-ethyl adjacent to an activating group) is 1. The van der Waals surface area contributed by atoms with E-state index >= 15 is 0 Å². The summed E-state index contributed by atoms with van der Waals surface area (Å²) in [7, 11) is -2.88. The number of thiophene rings is 1. The monoisotopic (exact) mass is 477 g/mol. The van der Waals surface area contributed by atoms with E-state index in [4.69, 9.17) is 4.74 Å². The second-order valence-corrected chi connectivity index (χ2v) is 10.4. The van der Waals surface area contributed by atoms with Gasteiger partial charge in [0.05, 0.1) is 29.1 Å². The van der Waals surface area contributed by atoms with Crippen molar-refractivity contribution in [3.63, 3.8) is 0 Å². The lowest BCUT2D eigenvalue weighted by Gasteiger charge is -2.19. The predicted molar refractivity (Wildman–Crippen MR) is 109 cm³/mol. The highest BCUT2D eigenvalue weighted by molar-refractivity contribution is 7.89. The van der Waals surface area contributed by atoms with Crippen LogP contribution in [0.3, 0.4) is 0 Å². The van der Waals surface area contributed by atoms with E-state index in [0.29, 0.717) is 29.5 Å². The van der Waals surface area contributed by atoms with Gasteiger partial charge in [-0.05, 0) is 53.6 Å². The van der Waals surface area contributed by atoms with Gasteiger partial charge < -0.3 is 9.84 Å². The number of benzene rings is 1. The Bertz CT molecular complexity index is 1060. The summed E-state index contributed by atoms with van der Waals surface area (Å²) in [4.78, 5) is 11.4. The second kappa shape index (κ2) is 8.89. The molecule has 1 N–H and O–H groups in total. The normalized spacial score (nSPS) is 17.7. The van der Waals surface area contributed by atoms with Gasteiger partial charge in [0.15, 0.2) is 0 Å². The Morgan fingerprint density at radius 1 is 1.35 bits per heavy atom. The molecule has 0 amide bonds. The quantitative estimate of drug-likeness (QED) is 0.550. The standard InChI is InChI=1S/C20H22F3NO5S2/c1-3-12(19(25)26)6-13-4-5-30-18(13)14-7-15(20(21,22)23)9-17(8-14)31(27,28)24(2)10-16-11-29-16/h4-5,7-9,12,16H,3,6,10-11H2,1-2H3,(H,25,26). The van der Waals surface area contributed by atoms with Crippen LogP contribution in [0.1, 0.15) is 24.5 Å². The number of epoxide rings is 1. The largest absolute Gasteiger partial charge is 0.481 e. The lowest BCUT2D eigenvalue weighted by atomic mass is 9.95. The number of hydrogen-bond donors (Lipinski definition) is 1. The lowest BCUT2D eigenvalue weighted by Crippen LogP contribution is -2.30. The number of rotatable bonds is 9. The van der Waals surface area contributed by atoms with E-state index in [2.05, 4.69) is 0 Å². The van der Waals surface area contributed by atoms with Gasteiger partial charge in [-0.2, -0.15) is 17.5 Å². The van der Waals surface area contributed by atoms with Gasteiger partial charge in [-0.25, -0.2) is 8.42 Å². The van der Waals surface area contributed by atoms with Crippen molar-refractivity contribution in [3.05, 3.63) is 40.8 Å². The molecular formula is C20H22F3NO5S2. The van der Waals surface area contributed by atoms with Gasteiger partial charge in [0.25, 0.3) is 0 Å². The van der Waals surface area contributed by atoms with Crippen LogP contribution in [0.2, 0.25) is 0 Å². The zero-order chi connectivity index (χ0) is 23.0. The van der Waals surface area contributed by atoms with Crippen LogP contribution < -0.4 is 0 Å². The van der Waals surface area contributed by atoms with E-state index in [1.165, 1.54) is 13.1 Å². The number of sulfonamides is 1. The smallest absolute Gasteiger partial charge is 0.416 e. The average Bonchev–Trinajstić information content (AvgIpc) is 3.38. The Hall–Kier alpha value is -1.95. The molecule has 1 saturated heterocycles. The maximum atomic E-state index is 13.6. The summed E-state index contributed by atoms with van der Waals surface area (Å²) < 4.78 is 72.6. The fourth-order valence-corrected chi connectivity index (χ4v) is 5.40. The molecule has 1 aromatic heterocycles. The van der Waals surface area contributed by atoms with Crippen LogP contribution in [0.15, 0.2) is 34.5 Å². The van der Waals surface area contributed by atoms with E-state index in [1.54, 1.807) is 18.4 Å². The van der Waals surface area contributed by atoms with Crippen LogP contribution in [-0.2, 0) is 32.2 Å². The first-order chi connectivity index (χ1) is 14.4. The third-order valence-electron chi connectivity index (χ3n) is 5.12. The third kappa shape index (κ3) is 5.46. The molecule has 2 aromatic rings. The molecule has 1 aromatic carbocycles. The molecule has 0 saturated carbocycles. The molecule has 6 nitrogen and oxygen atoms in total. The van der Waals surface area contributed by atoms with Crippen LogP contribution in [0.5, 0.6) is 0 Å². The summed E-state index contributed by atoms with van der Waals surface area (Å²) in [6.07, 6.45) is -4.50. The second-order valence-electron chi connectivity index (χ2n) is 7.41. The third-order valence-corrected chi connectivity index (χ3v) is 7.93. The number of carboxylic acids is 1. The molecule has 0 bridgehead atoms. The van der Waals surface area contributed by atoms with Crippen molar-refractivity contribution in [1.29, 1.82) is 0 Å². The minimum absolute atomic E-state index is 0.0506. The van der Waals surface area contributed by atoms with E-state index in [0.717, 1.165) is 21.7 Å². The van der Waals surface area contributed by atoms with E-state index < -0.39 is 38.5 Å². The Kier molecular flexibility index (Phi) is 6.80. The van der Waals surface area contributed by atoms with Crippen LogP contribution in [-0.4, -0.2) is 50.1 Å². The van der Waals surface area contributed by atoms with Gasteiger partial charge in [0.1, 0.15) is 0 Å². The molecule has 2 heterocycles. The van der Waals surface area contributed by atoms with Crippen molar-refractivity contribution in [3.8, 4) is 10.4 Å². The summed E-state index contributed by atoms with van der Waals surface area (Å²) in [5.41, 5.74) is -0.416. The van der Waals surface area contributed by atoms with Gasteiger partial charge in [-0.3, -0.25) is 4.79 Å². The van der Waals surface area contributed by atoms with Crippen LogP contribution in [0, 0.1) is 5.92 Å². The Balaban J connectivity index is 2.07. The van der Waals surface area contributed by atoms with Gasteiger partial charge in [0, 0.05) is 18.5 Å². The number of alkyl halides is 3. The highest BCUT2D eigenvalue weighted by Crippen LogP contribution is 2.38. The molecule has 0 spiro atoms. The molecule has 1 aliphatic rings.